The molecule has 2 aromatic carbocycles. The molecule has 4 nitrogen and oxygen atoms in total. The highest BCUT2D eigenvalue weighted by molar-refractivity contribution is 6.26. The third-order valence-electron chi connectivity index (χ3n) is 3.77. The molecule has 0 N–H and O–H groups in total. The maximum Gasteiger partial charge on any atom is 0.374 e. The second kappa shape index (κ2) is 4.06. The lowest BCUT2D eigenvalue weighted by Gasteiger charge is -2.13. The van der Waals surface area contributed by atoms with Crippen LogP contribution in [0.1, 0.15) is 26.5 Å². The van der Waals surface area contributed by atoms with E-state index in [1.807, 2.05) is 18.2 Å². The van der Waals surface area contributed by atoms with Gasteiger partial charge in [0.25, 0.3) is 0 Å². The summed E-state index contributed by atoms with van der Waals surface area (Å²) in [6.45, 7) is 0. The van der Waals surface area contributed by atoms with Crippen molar-refractivity contribution < 1.29 is 18.7 Å². The van der Waals surface area contributed by atoms with Gasteiger partial charge in [0.15, 0.2) is 5.78 Å². The normalized spacial score (nSPS) is 12.3. The van der Waals surface area contributed by atoms with Crippen molar-refractivity contribution in [2.24, 2.45) is 0 Å². The van der Waals surface area contributed by atoms with Crippen molar-refractivity contribution in [2.75, 3.05) is 7.11 Å². The minimum absolute atomic E-state index is 0.0547. The molecule has 0 amide bonds. The van der Waals surface area contributed by atoms with Gasteiger partial charge in [-0.3, -0.25) is 4.79 Å². The molecule has 0 saturated heterocycles. The molecule has 0 fully saturated rings. The molecule has 1 heterocycles. The summed E-state index contributed by atoms with van der Waals surface area (Å²) in [5.41, 5.74) is 1.85. The predicted molar refractivity (Wildman–Crippen MR) is 76.4 cm³/mol. The van der Waals surface area contributed by atoms with E-state index < -0.39 is 5.97 Å². The molecule has 0 spiro atoms. The van der Waals surface area contributed by atoms with E-state index >= 15 is 0 Å². The summed E-state index contributed by atoms with van der Waals surface area (Å²) in [6.07, 6.45) is 0. The van der Waals surface area contributed by atoms with Gasteiger partial charge < -0.3 is 9.15 Å². The van der Waals surface area contributed by atoms with Crippen LogP contribution >= 0.6 is 0 Å². The number of carbonyl (C=O) groups excluding carboxylic acids is 2. The molecule has 1 aliphatic rings. The quantitative estimate of drug-likeness (QED) is 0.500. The van der Waals surface area contributed by atoms with Gasteiger partial charge in [-0.05, 0) is 0 Å². The van der Waals surface area contributed by atoms with Crippen LogP contribution in [0.25, 0.3) is 22.1 Å². The van der Waals surface area contributed by atoms with Gasteiger partial charge in [-0.15, -0.1) is 0 Å². The first-order chi connectivity index (χ1) is 10.2. The van der Waals surface area contributed by atoms with Crippen molar-refractivity contribution in [1.82, 2.24) is 0 Å². The number of ketones is 1. The minimum atomic E-state index is -0.546. The van der Waals surface area contributed by atoms with Crippen LogP contribution in [0.4, 0.5) is 0 Å². The number of carbonyl (C=O) groups is 2. The maximum absolute atomic E-state index is 12.6. The highest BCUT2D eigenvalue weighted by Crippen LogP contribution is 2.42. The number of esters is 1. The fourth-order valence-electron chi connectivity index (χ4n) is 2.84. The molecule has 0 unspecified atom stereocenters. The van der Waals surface area contributed by atoms with E-state index in [-0.39, 0.29) is 11.5 Å². The number of hydrogen-bond donors (Lipinski definition) is 0. The van der Waals surface area contributed by atoms with E-state index in [0.717, 1.165) is 0 Å². The third kappa shape index (κ3) is 1.44. The largest absolute Gasteiger partial charge is 0.463 e. The lowest BCUT2D eigenvalue weighted by molar-refractivity contribution is 0.0569. The molecule has 0 atom stereocenters. The summed E-state index contributed by atoms with van der Waals surface area (Å²) in [7, 11) is 1.30. The number of rotatable bonds is 1. The molecule has 4 heteroatoms. The zero-order chi connectivity index (χ0) is 14.6. The summed E-state index contributed by atoms with van der Waals surface area (Å²) in [6, 6.07) is 12.5. The number of benzene rings is 2. The zero-order valence-corrected chi connectivity index (χ0v) is 11.2. The molecule has 4 rings (SSSR count). The van der Waals surface area contributed by atoms with Gasteiger partial charge in [-0.1, -0.05) is 42.5 Å². The molecule has 21 heavy (non-hydrogen) atoms. The Morgan fingerprint density at radius 3 is 2.48 bits per heavy atom. The van der Waals surface area contributed by atoms with Gasteiger partial charge in [0.05, 0.1) is 7.11 Å². The van der Waals surface area contributed by atoms with E-state index in [2.05, 4.69) is 0 Å². The van der Waals surface area contributed by atoms with Crippen LogP contribution in [0, 0.1) is 0 Å². The first-order valence-electron chi connectivity index (χ1n) is 6.50. The summed E-state index contributed by atoms with van der Waals surface area (Å²) < 4.78 is 10.5. The van der Waals surface area contributed by atoms with Crippen LogP contribution in [-0.2, 0) is 4.74 Å². The molecular formula is C17H10O4. The fraction of sp³-hybridized carbons (Fsp3) is 0.0588. The predicted octanol–water partition coefficient (Wildman–Crippen LogP) is 3.43. The Bertz CT molecular complexity index is 918. The molecular weight excluding hydrogens is 268 g/mol. The van der Waals surface area contributed by atoms with E-state index in [1.54, 1.807) is 24.3 Å². The number of fused-ring (bicyclic) bond motifs is 2. The summed E-state index contributed by atoms with van der Waals surface area (Å²) in [5, 5.41) is 1.29. The Hall–Kier alpha value is -2.88. The Balaban J connectivity index is 2.18. The second-order valence-electron chi connectivity index (χ2n) is 4.85. The van der Waals surface area contributed by atoms with E-state index in [4.69, 9.17) is 9.15 Å². The van der Waals surface area contributed by atoms with Crippen LogP contribution in [-0.4, -0.2) is 18.9 Å². The van der Waals surface area contributed by atoms with Crippen LogP contribution in [0.5, 0.6) is 0 Å². The van der Waals surface area contributed by atoms with Gasteiger partial charge in [0, 0.05) is 27.5 Å². The van der Waals surface area contributed by atoms with E-state index in [9.17, 15) is 9.59 Å². The number of ether oxygens (including phenoxy) is 1. The zero-order valence-electron chi connectivity index (χ0n) is 11.2. The third-order valence-corrected chi connectivity index (χ3v) is 3.77. The number of furan rings is 1. The standard InChI is InChI=1S/C17H10O4/c1-20-17(19)16-12-8-4-7-11-13(12)15(21-16)10-6-3-2-5-9(10)14(11)18/h2-8H,1H3. The van der Waals surface area contributed by atoms with E-state index in [0.29, 0.717) is 33.2 Å². The molecule has 102 valence electrons. The average molecular weight is 278 g/mol. The van der Waals surface area contributed by atoms with Crippen molar-refractivity contribution >= 4 is 22.5 Å². The Morgan fingerprint density at radius 2 is 1.71 bits per heavy atom. The van der Waals surface area contributed by atoms with E-state index in [1.165, 1.54) is 7.11 Å². The van der Waals surface area contributed by atoms with Gasteiger partial charge >= 0.3 is 5.97 Å². The van der Waals surface area contributed by atoms with Gasteiger partial charge in [0.1, 0.15) is 5.76 Å². The first-order valence-corrected chi connectivity index (χ1v) is 6.50. The van der Waals surface area contributed by atoms with Gasteiger partial charge in [-0.25, -0.2) is 4.79 Å². The van der Waals surface area contributed by atoms with Crippen LogP contribution in [0.2, 0.25) is 0 Å². The maximum atomic E-state index is 12.6. The van der Waals surface area contributed by atoms with Crippen molar-refractivity contribution in [2.45, 2.75) is 0 Å². The first kappa shape index (κ1) is 11.9. The van der Waals surface area contributed by atoms with Gasteiger partial charge in [-0.2, -0.15) is 0 Å². The van der Waals surface area contributed by atoms with Crippen LogP contribution in [0.15, 0.2) is 46.9 Å². The highest BCUT2D eigenvalue weighted by atomic mass is 16.5. The molecule has 0 bridgehead atoms. The highest BCUT2D eigenvalue weighted by Gasteiger charge is 2.31. The van der Waals surface area contributed by atoms with Crippen LogP contribution < -0.4 is 0 Å². The lowest BCUT2D eigenvalue weighted by atomic mass is 9.87. The van der Waals surface area contributed by atoms with Crippen LogP contribution in [0.3, 0.4) is 0 Å². The second-order valence-corrected chi connectivity index (χ2v) is 4.85. The fourth-order valence-corrected chi connectivity index (χ4v) is 2.84. The number of methoxy groups -OCH3 is 1. The lowest BCUT2D eigenvalue weighted by Crippen LogP contribution is -2.08. The number of hydrogen-bond acceptors (Lipinski definition) is 4. The molecule has 3 aromatic rings. The Labute approximate surface area is 119 Å². The average Bonchev–Trinajstić information content (AvgIpc) is 2.92. The molecule has 1 aromatic heterocycles. The summed E-state index contributed by atoms with van der Waals surface area (Å²) >= 11 is 0. The topological polar surface area (TPSA) is 56.5 Å². The van der Waals surface area contributed by atoms with Crippen molar-refractivity contribution in [3.63, 3.8) is 0 Å². The SMILES string of the molecule is COC(=O)c1oc2c3c(cccc13)C(=O)c1ccccc1-2. The Kier molecular flexibility index (Phi) is 2.30. The molecule has 0 aliphatic heterocycles. The van der Waals surface area contributed by atoms with Crippen molar-refractivity contribution in [1.29, 1.82) is 0 Å². The minimum Gasteiger partial charge on any atom is -0.463 e. The monoisotopic (exact) mass is 278 g/mol. The Morgan fingerprint density at radius 1 is 1.00 bits per heavy atom. The molecule has 0 saturated carbocycles. The molecule has 0 radical (unpaired) electrons. The molecule has 1 aliphatic carbocycles. The summed E-state index contributed by atoms with van der Waals surface area (Å²) in [5.74, 6) is 0.0844. The smallest absolute Gasteiger partial charge is 0.374 e. The summed E-state index contributed by atoms with van der Waals surface area (Å²) in [4.78, 5) is 24.5. The van der Waals surface area contributed by atoms with Gasteiger partial charge in [0.2, 0.25) is 5.76 Å². The van der Waals surface area contributed by atoms with Crippen molar-refractivity contribution in [3.8, 4) is 11.3 Å². The van der Waals surface area contributed by atoms with Crippen molar-refractivity contribution in [3.05, 3.63) is 59.4 Å².